The number of nitrogens with one attached hydrogen (secondary N) is 1. The van der Waals surface area contributed by atoms with E-state index >= 15 is 0 Å². The number of hydrogen-bond donors (Lipinski definition) is 1. The van der Waals surface area contributed by atoms with Crippen LogP contribution in [0.3, 0.4) is 0 Å². The van der Waals surface area contributed by atoms with Crippen LogP contribution in [0, 0.1) is 20.8 Å². The third kappa shape index (κ3) is 3.67. The number of carbonyl (C=O) groups excluding carboxylic acids is 2. The van der Waals surface area contributed by atoms with Gasteiger partial charge in [-0.15, -0.1) is 0 Å². The van der Waals surface area contributed by atoms with Gasteiger partial charge in [0, 0.05) is 29.9 Å². The van der Waals surface area contributed by atoms with E-state index in [2.05, 4.69) is 5.32 Å². The van der Waals surface area contributed by atoms with Crippen LogP contribution in [-0.2, 0) is 0 Å². The summed E-state index contributed by atoms with van der Waals surface area (Å²) in [6, 6.07) is 7.24. The first-order valence-corrected chi connectivity index (χ1v) is 7.97. The molecule has 5 heteroatoms. The van der Waals surface area contributed by atoms with E-state index in [4.69, 9.17) is 4.42 Å². The molecule has 0 unspecified atom stereocenters. The Balaban J connectivity index is 2.26. The highest BCUT2D eigenvalue weighted by Crippen LogP contribution is 2.20. The van der Waals surface area contributed by atoms with Crippen LogP contribution in [0.25, 0.3) is 0 Å². The second-order valence-corrected chi connectivity index (χ2v) is 6.36. The van der Waals surface area contributed by atoms with Gasteiger partial charge in [-0.1, -0.05) is 6.07 Å². The number of carbonyl (C=O) groups is 2. The maximum atomic E-state index is 12.6. The Bertz CT molecular complexity index is 775. The molecule has 0 bridgehead atoms. The summed E-state index contributed by atoms with van der Waals surface area (Å²) in [5, 5.41) is 2.80. The summed E-state index contributed by atoms with van der Waals surface area (Å²) in [6.07, 6.45) is 0. The zero-order valence-electron chi connectivity index (χ0n) is 15.1. The quantitative estimate of drug-likeness (QED) is 0.924. The zero-order valence-corrected chi connectivity index (χ0v) is 15.1. The van der Waals surface area contributed by atoms with Gasteiger partial charge in [0.05, 0.1) is 0 Å². The molecule has 2 amide bonds. The third-order valence-corrected chi connectivity index (χ3v) is 4.07. The average Bonchev–Trinajstić information content (AvgIpc) is 2.86. The van der Waals surface area contributed by atoms with Crippen molar-refractivity contribution in [2.75, 3.05) is 12.4 Å². The second kappa shape index (κ2) is 6.91. The number of benzene rings is 1. The topological polar surface area (TPSA) is 62.6 Å². The molecule has 1 aromatic heterocycles. The minimum atomic E-state index is -0.319. The Morgan fingerprint density at radius 1 is 1.08 bits per heavy atom. The lowest BCUT2D eigenvalue weighted by atomic mass is 10.1. The van der Waals surface area contributed by atoms with Crippen molar-refractivity contribution >= 4 is 17.5 Å². The number of rotatable bonds is 4. The second-order valence-electron chi connectivity index (χ2n) is 6.36. The molecule has 0 atom stereocenters. The van der Waals surface area contributed by atoms with Crippen LogP contribution in [-0.4, -0.2) is 29.8 Å². The molecule has 0 aliphatic rings. The highest BCUT2D eigenvalue weighted by Gasteiger charge is 2.19. The van der Waals surface area contributed by atoms with Crippen molar-refractivity contribution in [3.8, 4) is 0 Å². The fourth-order valence-corrected chi connectivity index (χ4v) is 2.41. The van der Waals surface area contributed by atoms with Gasteiger partial charge in [0.15, 0.2) is 5.76 Å². The van der Waals surface area contributed by atoms with Crippen LogP contribution >= 0.6 is 0 Å². The van der Waals surface area contributed by atoms with E-state index in [0.29, 0.717) is 22.8 Å². The largest absolute Gasteiger partial charge is 0.456 e. The molecule has 0 saturated heterocycles. The minimum Gasteiger partial charge on any atom is -0.456 e. The maximum Gasteiger partial charge on any atom is 0.291 e. The van der Waals surface area contributed by atoms with Crippen LogP contribution in [0.15, 0.2) is 28.7 Å². The monoisotopic (exact) mass is 328 g/mol. The lowest BCUT2D eigenvalue weighted by Gasteiger charge is -2.22. The van der Waals surface area contributed by atoms with Gasteiger partial charge in [-0.2, -0.15) is 0 Å². The molecule has 24 heavy (non-hydrogen) atoms. The summed E-state index contributed by atoms with van der Waals surface area (Å²) in [7, 11) is 1.77. The molecule has 2 rings (SSSR count). The molecule has 0 fully saturated rings. The molecule has 2 aromatic rings. The van der Waals surface area contributed by atoms with E-state index < -0.39 is 0 Å². The summed E-state index contributed by atoms with van der Waals surface area (Å²) < 4.78 is 5.43. The van der Waals surface area contributed by atoms with E-state index in [0.717, 1.165) is 11.1 Å². The van der Waals surface area contributed by atoms with E-state index in [1.54, 1.807) is 31.0 Å². The smallest absolute Gasteiger partial charge is 0.291 e. The lowest BCUT2D eigenvalue weighted by molar-refractivity contribution is 0.0754. The summed E-state index contributed by atoms with van der Waals surface area (Å²) >= 11 is 0. The first kappa shape index (κ1) is 17.8. The van der Waals surface area contributed by atoms with Gasteiger partial charge in [-0.05, 0) is 58.4 Å². The highest BCUT2D eigenvalue weighted by molar-refractivity contribution is 6.04. The molecular weight excluding hydrogens is 304 g/mol. The molecule has 1 heterocycles. The van der Waals surface area contributed by atoms with Crippen LogP contribution in [0.4, 0.5) is 5.69 Å². The normalized spacial score (nSPS) is 10.8. The lowest BCUT2D eigenvalue weighted by Crippen LogP contribution is -2.33. The first-order valence-electron chi connectivity index (χ1n) is 7.97. The van der Waals surface area contributed by atoms with Crippen molar-refractivity contribution in [2.24, 2.45) is 0 Å². The molecule has 1 aromatic carbocycles. The molecule has 5 nitrogen and oxygen atoms in total. The van der Waals surface area contributed by atoms with E-state index in [-0.39, 0.29) is 17.9 Å². The zero-order chi connectivity index (χ0) is 18.0. The van der Waals surface area contributed by atoms with Crippen LogP contribution < -0.4 is 5.32 Å². The fraction of sp³-hybridized carbons (Fsp3) is 0.368. The van der Waals surface area contributed by atoms with Crippen molar-refractivity contribution in [1.29, 1.82) is 0 Å². The number of furan rings is 1. The average molecular weight is 328 g/mol. The molecule has 1 N–H and O–H groups in total. The SMILES string of the molecule is Cc1cc(C)c(C(=O)Nc2ccc(C)c(C(=O)N(C)C(C)C)c2)o1. The Morgan fingerprint density at radius 2 is 1.75 bits per heavy atom. The number of hydrogen-bond acceptors (Lipinski definition) is 3. The van der Waals surface area contributed by atoms with Crippen LogP contribution in [0.1, 0.15) is 51.6 Å². The minimum absolute atomic E-state index is 0.0661. The van der Waals surface area contributed by atoms with Crippen molar-refractivity contribution in [1.82, 2.24) is 4.90 Å². The highest BCUT2D eigenvalue weighted by atomic mass is 16.3. The van der Waals surface area contributed by atoms with Gasteiger partial charge in [0.1, 0.15) is 5.76 Å². The summed E-state index contributed by atoms with van der Waals surface area (Å²) in [5.74, 6) is 0.597. The number of nitrogens with zero attached hydrogens (tertiary/aromatic N) is 1. The molecule has 0 saturated carbocycles. The predicted molar refractivity (Wildman–Crippen MR) is 94.5 cm³/mol. The number of amides is 2. The van der Waals surface area contributed by atoms with Crippen molar-refractivity contribution in [3.05, 3.63) is 52.5 Å². The summed E-state index contributed by atoms with van der Waals surface area (Å²) in [5.41, 5.74) is 2.80. The summed E-state index contributed by atoms with van der Waals surface area (Å²) in [6.45, 7) is 9.43. The summed E-state index contributed by atoms with van der Waals surface area (Å²) in [4.78, 5) is 26.6. The van der Waals surface area contributed by atoms with Crippen molar-refractivity contribution < 1.29 is 14.0 Å². The van der Waals surface area contributed by atoms with Crippen LogP contribution in [0.2, 0.25) is 0 Å². The molecule has 0 aliphatic carbocycles. The molecule has 128 valence electrons. The number of aryl methyl sites for hydroxylation is 3. The van der Waals surface area contributed by atoms with Gasteiger partial charge in [-0.3, -0.25) is 9.59 Å². The number of anilines is 1. The Labute approximate surface area is 142 Å². The van der Waals surface area contributed by atoms with Gasteiger partial charge in [-0.25, -0.2) is 0 Å². The molecule has 0 aliphatic heterocycles. The van der Waals surface area contributed by atoms with E-state index in [1.807, 2.05) is 39.8 Å². The van der Waals surface area contributed by atoms with Gasteiger partial charge < -0.3 is 14.6 Å². The Kier molecular flexibility index (Phi) is 5.12. The maximum absolute atomic E-state index is 12.6. The fourth-order valence-electron chi connectivity index (χ4n) is 2.41. The van der Waals surface area contributed by atoms with Gasteiger partial charge >= 0.3 is 0 Å². The van der Waals surface area contributed by atoms with Crippen LogP contribution in [0.5, 0.6) is 0 Å². The van der Waals surface area contributed by atoms with Gasteiger partial charge in [0.25, 0.3) is 11.8 Å². The van der Waals surface area contributed by atoms with E-state index in [1.165, 1.54) is 0 Å². The molecule has 0 spiro atoms. The first-order chi connectivity index (χ1) is 11.2. The van der Waals surface area contributed by atoms with Crippen molar-refractivity contribution in [3.63, 3.8) is 0 Å². The van der Waals surface area contributed by atoms with Gasteiger partial charge in [0.2, 0.25) is 0 Å². The standard InChI is InChI=1S/C19H24N2O3/c1-11(2)21(6)19(23)16-10-15(8-7-12(16)3)20-18(22)17-13(4)9-14(5)24-17/h7-11H,1-6H3,(H,20,22). The Morgan fingerprint density at radius 3 is 2.29 bits per heavy atom. The molecular formula is C19H24N2O3. The van der Waals surface area contributed by atoms with Crippen molar-refractivity contribution in [2.45, 2.75) is 40.7 Å². The molecule has 0 radical (unpaired) electrons. The predicted octanol–water partition coefficient (Wildman–Crippen LogP) is 3.94. The van der Waals surface area contributed by atoms with E-state index in [9.17, 15) is 9.59 Å². The Hall–Kier alpha value is -2.56. The third-order valence-electron chi connectivity index (χ3n) is 4.07.